The van der Waals surface area contributed by atoms with Crippen LogP contribution in [0.25, 0.3) is 0 Å². The molecule has 0 aromatic rings. The van der Waals surface area contributed by atoms with E-state index in [0.717, 1.165) is 13.1 Å². The summed E-state index contributed by atoms with van der Waals surface area (Å²) in [4.78, 5) is 22.4. The molecule has 0 saturated heterocycles. The van der Waals surface area contributed by atoms with Gasteiger partial charge in [0.05, 0.1) is 11.5 Å². The zero-order valence-corrected chi connectivity index (χ0v) is 16.0. The number of rotatable bonds is 6. The number of allylic oxidation sites excluding steroid dienone is 2. The minimum atomic E-state index is -0.840. The summed E-state index contributed by atoms with van der Waals surface area (Å²) in [6.07, 6.45) is -0.317. The van der Waals surface area contributed by atoms with Crippen LogP contribution in [-0.4, -0.2) is 42.6 Å². The van der Waals surface area contributed by atoms with Crippen LogP contribution in [0.1, 0.15) is 41.5 Å². The van der Waals surface area contributed by atoms with Crippen molar-refractivity contribution in [1.29, 1.82) is 0 Å². The maximum atomic E-state index is 11.1. The van der Waals surface area contributed by atoms with Crippen LogP contribution in [0, 0.1) is 0 Å². The maximum Gasteiger partial charge on any atom is 0.414 e. The number of amides is 1. The highest BCUT2D eigenvalue weighted by molar-refractivity contribution is 6.61. The van der Waals surface area contributed by atoms with E-state index in [2.05, 4.69) is 37.1 Å². The van der Waals surface area contributed by atoms with E-state index < -0.39 is 5.43 Å². The largest absolute Gasteiger partial charge is 0.420 e. The molecular weight excluding hydrogens is 320 g/mol. The molecule has 6 nitrogen and oxygen atoms in total. The molecule has 0 unspecified atom stereocenters. The van der Waals surface area contributed by atoms with Crippen LogP contribution in [0.4, 0.5) is 9.59 Å². The third-order valence-corrected chi connectivity index (χ3v) is 2.11. The highest BCUT2D eigenvalue weighted by Crippen LogP contribution is 1.98. The van der Waals surface area contributed by atoms with Crippen LogP contribution in [0.15, 0.2) is 24.7 Å². The number of ether oxygens (including phenoxy) is 2. The molecule has 0 aliphatic carbocycles. The Balaban J connectivity index is -0.000000286. The van der Waals surface area contributed by atoms with Crippen molar-refractivity contribution in [3.8, 4) is 0 Å². The molecular formula is C16H31ClN2O4. The van der Waals surface area contributed by atoms with Gasteiger partial charge in [0.25, 0.3) is 0 Å². The van der Waals surface area contributed by atoms with E-state index in [4.69, 9.17) is 16.3 Å². The lowest BCUT2D eigenvalue weighted by Gasteiger charge is -2.17. The summed E-state index contributed by atoms with van der Waals surface area (Å²) in [5.41, 5.74) is -0.840. The van der Waals surface area contributed by atoms with Crippen LogP contribution in [0.3, 0.4) is 0 Å². The van der Waals surface area contributed by atoms with Gasteiger partial charge in [-0.3, -0.25) is 0 Å². The van der Waals surface area contributed by atoms with Crippen molar-refractivity contribution >= 4 is 23.1 Å². The van der Waals surface area contributed by atoms with Crippen molar-refractivity contribution in [3.63, 3.8) is 0 Å². The van der Waals surface area contributed by atoms with E-state index in [1.807, 2.05) is 13.8 Å². The van der Waals surface area contributed by atoms with Gasteiger partial charge < -0.3 is 19.7 Å². The van der Waals surface area contributed by atoms with Crippen LogP contribution in [-0.2, 0) is 9.47 Å². The van der Waals surface area contributed by atoms with E-state index in [1.165, 1.54) is 0 Å². The zero-order chi connectivity index (χ0) is 18.8. The summed E-state index contributed by atoms with van der Waals surface area (Å²) < 4.78 is 8.97. The molecule has 136 valence electrons. The molecule has 0 atom stereocenters. The fourth-order valence-corrected chi connectivity index (χ4v) is 1.21. The van der Waals surface area contributed by atoms with Gasteiger partial charge in [-0.05, 0) is 40.8 Å². The lowest BCUT2D eigenvalue weighted by molar-refractivity contribution is 0.133. The van der Waals surface area contributed by atoms with E-state index in [1.54, 1.807) is 18.7 Å². The first-order chi connectivity index (χ1) is 10.7. The Morgan fingerprint density at radius 1 is 0.957 bits per heavy atom. The van der Waals surface area contributed by atoms with E-state index in [-0.39, 0.29) is 6.09 Å². The quantitative estimate of drug-likeness (QED) is 0.563. The highest BCUT2D eigenvalue weighted by Gasteiger charge is 2.09. The molecule has 0 aromatic heterocycles. The number of hydrogen-bond donors (Lipinski definition) is 1. The second kappa shape index (κ2) is 18.5. The lowest BCUT2D eigenvalue weighted by Crippen LogP contribution is -2.30. The summed E-state index contributed by atoms with van der Waals surface area (Å²) in [5, 5.41) is 3.11. The first kappa shape index (κ1) is 26.4. The third-order valence-electron chi connectivity index (χ3n) is 2.04. The highest BCUT2D eigenvalue weighted by atomic mass is 35.5. The smallest absolute Gasteiger partial charge is 0.414 e. The molecule has 0 fully saturated rings. The topological polar surface area (TPSA) is 67.9 Å². The van der Waals surface area contributed by atoms with Crippen LogP contribution < -0.4 is 5.32 Å². The SMILES string of the molecule is C=C(C)OC(=O)Cl.C=C(C)OC(=O)N(CC)CC.CCNCC. The second-order valence-electron chi connectivity index (χ2n) is 4.24. The minimum absolute atomic E-state index is 0.306. The van der Waals surface area contributed by atoms with Crippen LogP contribution in [0.2, 0.25) is 0 Å². The van der Waals surface area contributed by atoms with Gasteiger partial charge in [0, 0.05) is 24.7 Å². The van der Waals surface area contributed by atoms with Crippen molar-refractivity contribution in [2.45, 2.75) is 41.5 Å². The Kier molecular flexibility index (Phi) is 21.2. The molecule has 1 amide bonds. The van der Waals surface area contributed by atoms with Gasteiger partial charge in [0.15, 0.2) is 0 Å². The normalized spacial score (nSPS) is 8.48. The third kappa shape index (κ3) is 25.7. The monoisotopic (exact) mass is 350 g/mol. The summed E-state index contributed by atoms with van der Waals surface area (Å²) >= 11 is 4.75. The van der Waals surface area contributed by atoms with Gasteiger partial charge in [-0.2, -0.15) is 0 Å². The Labute approximate surface area is 145 Å². The number of halogens is 1. The van der Waals surface area contributed by atoms with Crippen molar-refractivity contribution in [1.82, 2.24) is 10.2 Å². The molecule has 0 radical (unpaired) electrons. The molecule has 0 aromatic carbocycles. The fraction of sp³-hybridized carbons (Fsp3) is 0.625. The molecule has 23 heavy (non-hydrogen) atoms. The van der Waals surface area contributed by atoms with Crippen molar-refractivity contribution in [3.05, 3.63) is 24.7 Å². The molecule has 0 aliphatic rings. The summed E-state index contributed by atoms with van der Waals surface area (Å²) in [6.45, 7) is 21.5. The molecule has 0 rings (SSSR count). The van der Waals surface area contributed by atoms with Gasteiger partial charge >= 0.3 is 11.5 Å². The number of hydrogen-bond acceptors (Lipinski definition) is 5. The Hall–Kier alpha value is -1.53. The predicted molar refractivity (Wildman–Crippen MR) is 95.6 cm³/mol. The fourth-order valence-electron chi connectivity index (χ4n) is 1.08. The minimum Gasteiger partial charge on any atom is -0.420 e. The first-order valence-electron chi connectivity index (χ1n) is 7.51. The van der Waals surface area contributed by atoms with Gasteiger partial charge in [-0.25, -0.2) is 9.59 Å². The average Bonchev–Trinajstić information content (AvgIpc) is 2.40. The van der Waals surface area contributed by atoms with Crippen molar-refractivity contribution in [2.75, 3.05) is 26.2 Å². The number of nitrogens with one attached hydrogen (secondary N) is 1. The molecule has 0 spiro atoms. The standard InChI is InChI=1S/C8H15NO2.C4H5ClO2.C4H11N/c1-5-9(6-2)8(10)11-7(3)4;1-3(2)7-4(5)6;1-3-5-4-2/h3,5-6H2,1-2,4H3;1H2,2H3;5H,3-4H2,1-2H3. The molecule has 0 saturated carbocycles. The van der Waals surface area contributed by atoms with Gasteiger partial charge in [0.1, 0.15) is 0 Å². The van der Waals surface area contributed by atoms with Crippen LogP contribution in [0.5, 0.6) is 0 Å². The van der Waals surface area contributed by atoms with Crippen molar-refractivity contribution in [2.24, 2.45) is 0 Å². The summed E-state index contributed by atoms with van der Waals surface area (Å²) in [5.74, 6) is 0.738. The predicted octanol–water partition coefficient (Wildman–Crippen LogP) is 4.51. The Morgan fingerprint density at radius 2 is 1.35 bits per heavy atom. The van der Waals surface area contributed by atoms with Gasteiger partial charge in [0.2, 0.25) is 0 Å². The number of nitrogens with zero attached hydrogens (tertiary/aromatic N) is 1. The molecule has 7 heteroatoms. The van der Waals surface area contributed by atoms with E-state index in [0.29, 0.717) is 24.6 Å². The Morgan fingerprint density at radius 3 is 1.48 bits per heavy atom. The zero-order valence-electron chi connectivity index (χ0n) is 15.2. The molecule has 0 aliphatic heterocycles. The maximum absolute atomic E-state index is 11.1. The second-order valence-corrected chi connectivity index (χ2v) is 4.55. The van der Waals surface area contributed by atoms with Gasteiger partial charge in [-0.15, -0.1) is 0 Å². The first-order valence-corrected chi connectivity index (χ1v) is 7.89. The van der Waals surface area contributed by atoms with Crippen LogP contribution >= 0.6 is 11.6 Å². The number of carbonyl (C=O) groups excluding carboxylic acids is 2. The van der Waals surface area contributed by atoms with Gasteiger partial charge in [-0.1, -0.05) is 27.0 Å². The Bertz CT molecular complexity index is 342. The summed E-state index contributed by atoms with van der Waals surface area (Å²) in [7, 11) is 0. The average molecular weight is 351 g/mol. The summed E-state index contributed by atoms with van der Waals surface area (Å²) in [6, 6.07) is 0. The van der Waals surface area contributed by atoms with E-state index >= 15 is 0 Å². The van der Waals surface area contributed by atoms with Crippen molar-refractivity contribution < 1.29 is 19.1 Å². The molecule has 0 bridgehead atoms. The van der Waals surface area contributed by atoms with E-state index in [9.17, 15) is 9.59 Å². The number of carbonyl (C=O) groups is 2. The molecule has 0 heterocycles. The molecule has 1 N–H and O–H groups in total. The lowest BCUT2D eigenvalue weighted by atomic mass is 10.5.